The zero-order chi connectivity index (χ0) is 18.2. The lowest BCUT2D eigenvalue weighted by Gasteiger charge is -2.32. The van der Waals surface area contributed by atoms with Crippen LogP contribution in [0.1, 0.15) is 20.8 Å². The van der Waals surface area contributed by atoms with E-state index in [9.17, 15) is 4.79 Å². The van der Waals surface area contributed by atoms with Crippen molar-refractivity contribution in [3.05, 3.63) is 12.1 Å². The average molecular weight is 351 g/mol. The lowest BCUT2D eigenvalue weighted by Crippen LogP contribution is -2.48. The minimum atomic E-state index is -0.109. The van der Waals surface area contributed by atoms with Gasteiger partial charge in [-0.15, -0.1) is 0 Å². The van der Waals surface area contributed by atoms with E-state index in [2.05, 4.69) is 17.3 Å². The molecule has 0 unspecified atom stereocenters. The van der Waals surface area contributed by atoms with E-state index in [1.54, 1.807) is 12.1 Å². The Kier molecular flexibility index (Phi) is 7.18. The summed E-state index contributed by atoms with van der Waals surface area (Å²) in [6, 6.07) is 3.46. The number of piperazine rings is 1. The predicted octanol–water partition coefficient (Wildman–Crippen LogP) is 2.66. The van der Waals surface area contributed by atoms with Crippen LogP contribution in [0.5, 0.6) is 17.2 Å². The first kappa shape index (κ1) is 19.2. The molecule has 0 saturated carbocycles. The third-order valence-corrected chi connectivity index (χ3v) is 3.95. The van der Waals surface area contributed by atoms with Gasteiger partial charge in [0.25, 0.3) is 0 Å². The summed E-state index contributed by atoms with van der Waals surface area (Å²) >= 11 is 0. The lowest BCUT2D eigenvalue weighted by atomic mass is 10.2. The van der Waals surface area contributed by atoms with Gasteiger partial charge in [0.2, 0.25) is 5.75 Å². The second kappa shape index (κ2) is 9.36. The van der Waals surface area contributed by atoms with Gasteiger partial charge in [0.1, 0.15) is 0 Å². The van der Waals surface area contributed by atoms with Crippen molar-refractivity contribution in [2.45, 2.75) is 20.8 Å². The highest BCUT2D eigenvalue weighted by molar-refractivity contribution is 5.90. The van der Waals surface area contributed by atoms with Crippen molar-refractivity contribution in [3.63, 3.8) is 0 Å². The van der Waals surface area contributed by atoms with Gasteiger partial charge in [-0.2, -0.15) is 0 Å². The minimum absolute atomic E-state index is 0.109. The van der Waals surface area contributed by atoms with Gasteiger partial charge in [0.15, 0.2) is 11.5 Å². The number of rotatable bonds is 7. The summed E-state index contributed by atoms with van der Waals surface area (Å²) in [7, 11) is 2.06. The van der Waals surface area contributed by atoms with E-state index >= 15 is 0 Å². The molecule has 1 N–H and O–H groups in total. The third-order valence-electron chi connectivity index (χ3n) is 3.95. The SMILES string of the molecule is CCOc1cc(NC(=O)N2CCN(C)CC2)cc(OCC)c1OCC. The number of urea groups is 1. The van der Waals surface area contributed by atoms with Crippen LogP contribution in [0.15, 0.2) is 12.1 Å². The Labute approximate surface area is 149 Å². The largest absolute Gasteiger partial charge is 0.490 e. The lowest BCUT2D eigenvalue weighted by molar-refractivity contribution is 0.164. The molecule has 1 heterocycles. The van der Waals surface area contributed by atoms with Crippen LogP contribution in [0.4, 0.5) is 10.5 Å². The molecule has 7 nitrogen and oxygen atoms in total. The molecule has 0 bridgehead atoms. The zero-order valence-electron chi connectivity index (χ0n) is 15.6. The maximum absolute atomic E-state index is 12.5. The van der Waals surface area contributed by atoms with Crippen molar-refractivity contribution in [1.29, 1.82) is 0 Å². The summed E-state index contributed by atoms with van der Waals surface area (Å²) in [5.74, 6) is 1.72. The van der Waals surface area contributed by atoms with Gasteiger partial charge in [0.05, 0.1) is 25.5 Å². The number of carbonyl (C=O) groups excluding carboxylic acids is 1. The quantitative estimate of drug-likeness (QED) is 0.818. The standard InChI is InChI=1S/C18H29N3O4/c1-5-23-15-12-14(13-16(24-6-2)17(15)25-7-3)19-18(22)21-10-8-20(4)9-11-21/h12-13H,5-11H2,1-4H3,(H,19,22). The summed E-state index contributed by atoms with van der Waals surface area (Å²) in [5.41, 5.74) is 0.638. The average Bonchev–Trinajstić information content (AvgIpc) is 2.59. The molecule has 1 aromatic rings. The molecule has 1 saturated heterocycles. The molecule has 0 atom stereocenters. The summed E-state index contributed by atoms with van der Waals surface area (Å²) in [6.45, 7) is 10.4. The number of carbonyl (C=O) groups is 1. The van der Waals surface area contributed by atoms with E-state index in [0.717, 1.165) is 26.2 Å². The Morgan fingerprint density at radius 1 is 0.960 bits per heavy atom. The van der Waals surface area contributed by atoms with Crippen LogP contribution in [0.3, 0.4) is 0 Å². The highest BCUT2D eigenvalue weighted by atomic mass is 16.5. The van der Waals surface area contributed by atoms with Gasteiger partial charge in [-0.1, -0.05) is 0 Å². The fraction of sp³-hybridized carbons (Fsp3) is 0.611. The molecule has 0 aromatic heterocycles. The molecule has 25 heavy (non-hydrogen) atoms. The Balaban J connectivity index is 2.19. The van der Waals surface area contributed by atoms with Crippen molar-refractivity contribution >= 4 is 11.7 Å². The van der Waals surface area contributed by atoms with Gasteiger partial charge in [-0.05, 0) is 27.8 Å². The number of amides is 2. The Hall–Kier alpha value is -2.15. The molecule has 2 amide bonds. The first-order valence-electron chi connectivity index (χ1n) is 8.89. The van der Waals surface area contributed by atoms with Gasteiger partial charge in [-0.3, -0.25) is 0 Å². The third kappa shape index (κ3) is 5.16. The van der Waals surface area contributed by atoms with Crippen LogP contribution in [-0.2, 0) is 0 Å². The van der Waals surface area contributed by atoms with Crippen LogP contribution in [-0.4, -0.2) is 68.9 Å². The number of hydrogen-bond acceptors (Lipinski definition) is 5. The minimum Gasteiger partial charge on any atom is -0.490 e. The summed E-state index contributed by atoms with van der Waals surface area (Å²) in [6.07, 6.45) is 0. The molecule has 1 aliphatic rings. The molecule has 7 heteroatoms. The molecule has 1 aliphatic heterocycles. The Morgan fingerprint density at radius 3 is 1.96 bits per heavy atom. The van der Waals surface area contributed by atoms with E-state index in [4.69, 9.17) is 14.2 Å². The first-order chi connectivity index (χ1) is 12.1. The van der Waals surface area contributed by atoms with Crippen LogP contribution >= 0.6 is 0 Å². The fourth-order valence-electron chi connectivity index (χ4n) is 2.67. The van der Waals surface area contributed by atoms with Gasteiger partial charge in [0, 0.05) is 38.3 Å². The number of likely N-dealkylation sites (N-methyl/N-ethyl adjacent to an activating group) is 1. The van der Waals surface area contributed by atoms with Crippen LogP contribution in [0.2, 0.25) is 0 Å². The van der Waals surface area contributed by atoms with Crippen molar-refractivity contribution in [2.24, 2.45) is 0 Å². The molecule has 1 fully saturated rings. The normalized spacial score (nSPS) is 15.0. The van der Waals surface area contributed by atoms with Crippen molar-refractivity contribution in [3.8, 4) is 17.2 Å². The number of benzene rings is 1. The zero-order valence-corrected chi connectivity index (χ0v) is 15.6. The van der Waals surface area contributed by atoms with Crippen LogP contribution in [0.25, 0.3) is 0 Å². The van der Waals surface area contributed by atoms with Crippen molar-refractivity contribution in [1.82, 2.24) is 9.80 Å². The molecule has 2 rings (SSSR count). The molecular weight excluding hydrogens is 322 g/mol. The maximum atomic E-state index is 12.5. The Bertz CT molecular complexity index is 544. The first-order valence-corrected chi connectivity index (χ1v) is 8.89. The van der Waals surface area contributed by atoms with E-state index in [1.165, 1.54) is 0 Å². The second-order valence-electron chi connectivity index (χ2n) is 5.82. The predicted molar refractivity (Wildman–Crippen MR) is 98.0 cm³/mol. The number of hydrogen-bond donors (Lipinski definition) is 1. The van der Waals surface area contributed by atoms with Gasteiger partial charge < -0.3 is 29.3 Å². The molecule has 0 radical (unpaired) electrons. The monoisotopic (exact) mass is 351 g/mol. The number of nitrogens with zero attached hydrogens (tertiary/aromatic N) is 2. The van der Waals surface area contributed by atoms with E-state index < -0.39 is 0 Å². The van der Waals surface area contributed by atoms with Gasteiger partial charge >= 0.3 is 6.03 Å². The summed E-state index contributed by atoms with van der Waals surface area (Å²) in [4.78, 5) is 16.5. The van der Waals surface area contributed by atoms with Crippen LogP contribution in [0, 0.1) is 0 Å². The maximum Gasteiger partial charge on any atom is 0.321 e. The van der Waals surface area contributed by atoms with Crippen molar-refractivity contribution < 1.29 is 19.0 Å². The highest BCUT2D eigenvalue weighted by Gasteiger charge is 2.21. The van der Waals surface area contributed by atoms with E-state index in [0.29, 0.717) is 42.8 Å². The summed E-state index contributed by atoms with van der Waals surface area (Å²) in [5, 5.41) is 2.95. The van der Waals surface area contributed by atoms with Crippen molar-refractivity contribution in [2.75, 3.05) is 58.4 Å². The van der Waals surface area contributed by atoms with E-state index in [1.807, 2.05) is 25.7 Å². The smallest absolute Gasteiger partial charge is 0.321 e. The van der Waals surface area contributed by atoms with Gasteiger partial charge in [-0.25, -0.2) is 4.79 Å². The Morgan fingerprint density at radius 2 is 1.48 bits per heavy atom. The fourth-order valence-corrected chi connectivity index (χ4v) is 2.67. The topological polar surface area (TPSA) is 63.3 Å². The molecule has 1 aromatic carbocycles. The van der Waals surface area contributed by atoms with Crippen LogP contribution < -0.4 is 19.5 Å². The highest BCUT2D eigenvalue weighted by Crippen LogP contribution is 2.40. The molecule has 0 spiro atoms. The molecule has 0 aliphatic carbocycles. The number of nitrogens with one attached hydrogen (secondary N) is 1. The molecular formula is C18H29N3O4. The second-order valence-corrected chi connectivity index (χ2v) is 5.82. The number of ether oxygens (including phenoxy) is 3. The van der Waals surface area contributed by atoms with E-state index in [-0.39, 0.29) is 6.03 Å². The molecule has 140 valence electrons. The summed E-state index contributed by atoms with van der Waals surface area (Å²) < 4.78 is 17.0. The number of anilines is 1.